The molecule has 23 heavy (non-hydrogen) atoms. The summed E-state index contributed by atoms with van der Waals surface area (Å²) in [5.74, 6) is 2.22. The van der Waals surface area contributed by atoms with Crippen LogP contribution >= 0.6 is 0 Å². The summed E-state index contributed by atoms with van der Waals surface area (Å²) in [7, 11) is 1.65. The molecule has 1 heterocycles. The molecule has 0 bridgehead atoms. The fraction of sp³-hybridized carbons (Fsp3) is 0.368. The van der Waals surface area contributed by atoms with Gasteiger partial charge < -0.3 is 9.47 Å². The summed E-state index contributed by atoms with van der Waals surface area (Å²) in [6.07, 6.45) is 11.2. The lowest BCUT2D eigenvalue weighted by Gasteiger charge is -2.06. The molecule has 0 unspecified atom stereocenters. The topological polar surface area (TPSA) is 44.2 Å². The van der Waals surface area contributed by atoms with Crippen molar-refractivity contribution in [3.63, 3.8) is 0 Å². The van der Waals surface area contributed by atoms with Crippen LogP contribution < -0.4 is 9.47 Å². The average Bonchev–Trinajstić information content (AvgIpc) is 2.61. The number of rotatable bonds is 10. The Morgan fingerprint density at radius 3 is 2.30 bits per heavy atom. The van der Waals surface area contributed by atoms with Gasteiger partial charge in [0.1, 0.15) is 5.75 Å². The number of hydrogen-bond acceptors (Lipinski definition) is 4. The zero-order valence-corrected chi connectivity index (χ0v) is 13.7. The molecular formula is C19H24N2O2. The van der Waals surface area contributed by atoms with Crippen LogP contribution in [0.5, 0.6) is 11.5 Å². The first-order valence-corrected chi connectivity index (χ1v) is 8.03. The lowest BCUT2D eigenvalue weighted by atomic mass is 10.1. The van der Waals surface area contributed by atoms with E-state index in [1.165, 1.54) is 19.3 Å². The van der Waals surface area contributed by atoms with Crippen LogP contribution in [0.1, 0.15) is 32.1 Å². The lowest BCUT2D eigenvalue weighted by Crippen LogP contribution is -1.99. The van der Waals surface area contributed by atoms with Crippen molar-refractivity contribution >= 4 is 0 Å². The van der Waals surface area contributed by atoms with Crippen molar-refractivity contribution in [1.82, 2.24) is 9.97 Å². The first kappa shape index (κ1) is 17.0. The summed E-state index contributed by atoms with van der Waals surface area (Å²) in [5, 5.41) is 0. The molecule has 2 aromatic rings. The molecule has 122 valence electrons. The first-order chi connectivity index (χ1) is 11.3. The van der Waals surface area contributed by atoms with Crippen LogP contribution in [0.15, 0.2) is 49.3 Å². The molecule has 0 aliphatic heterocycles. The minimum Gasteiger partial charge on any atom is -0.497 e. The van der Waals surface area contributed by atoms with Gasteiger partial charge in [-0.05, 0) is 43.5 Å². The smallest absolute Gasteiger partial charge is 0.159 e. The van der Waals surface area contributed by atoms with Gasteiger partial charge >= 0.3 is 0 Å². The van der Waals surface area contributed by atoms with Crippen LogP contribution in [0.3, 0.4) is 0 Å². The molecule has 0 N–H and O–H groups in total. The van der Waals surface area contributed by atoms with Gasteiger partial charge in [-0.3, -0.25) is 0 Å². The van der Waals surface area contributed by atoms with Crippen LogP contribution in [0.25, 0.3) is 11.4 Å². The summed E-state index contributed by atoms with van der Waals surface area (Å²) in [6, 6.07) is 7.68. The predicted molar refractivity (Wildman–Crippen MR) is 92.8 cm³/mol. The van der Waals surface area contributed by atoms with E-state index < -0.39 is 0 Å². The second-order valence-corrected chi connectivity index (χ2v) is 5.31. The molecule has 1 aromatic carbocycles. The number of benzene rings is 1. The highest BCUT2D eigenvalue weighted by molar-refractivity contribution is 5.56. The summed E-state index contributed by atoms with van der Waals surface area (Å²) in [4.78, 5) is 8.71. The van der Waals surface area contributed by atoms with E-state index in [9.17, 15) is 0 Å². The molecule has 0 aliphatic carbocycles. The largest absolute Gasteiger partial charge is 0.497 e. The third kappa shape index (κ3) is 5.74. The lowest BCUT2D eigenvalue weighted by molar-refractivity contribution is 0.302. The van der Waals surface area contributed by atoms with Crippen LogP contribution in [-0.2, 0) is 0 Å². The molecule has 1 aromatic heterocycles. The molecule has 0 saturated heterocycles. The Kier molecular flexibility index (Phi) is 7.11. The molecule has 0 aliphatic rings. The molecular weight excluding hydrogens is 288 g/mol. The van der Waals surface area contributed by atoms with Crippen molar-refractivity contribution in [2.75, 3.05) is 13.7 Å². The Labute approximate surface area is 138 Å². The van der Waals surface area contributed by atoms with E-state index in [2.05, 4.69) is 16.5 Å². The molecule has 0 fully saturated rings. The highest BCUT2D eigenvalue weighted by Gasteiger charge is 2.02. The third-order valence-electron chi connectivity index (χ3n) is 3.55. The fourth-order valence-corrected chi connectivity index (χ4v) is 2.21. The van der Waals surface area contributed by atoms with Gasteiger partial charge in [-0.1, -0.05) is 18.9 Å². The zero-order chi connectivity index (χ0) is 16.3. The Morgan fingerprint density at radius 2 is 1.65 bits per heavy atom. The molecule has 4 nitrogen and oxygen atoms in total. The van der Waals surface area contributed by atoms with E-state index in [-0.39, 0.29) is 0 Å². The van der Waals surface area contributed by atoms with E-state index in [1.54, 1.807) is 19.5 Å². The van der Waals surface area contributed by atoms with Gasteiger partial charge in [0.05, 0.1) is 26.1 Å². The monoisotopic (exact) mass is 312 g/mol. The maximum absolute atomic E-state index is 5.67. The van der Waals surface area contributed by atoms with Gasteiger partial charge in [0, 0.05) is 5.56 Å². The SMILES string of the molecule is C=CCCCCCCOc1cnc(-c2ccc(OC)cc2)nc1. The second kappa shape index (κ2) is 9.62. The van der Waals surface area contributed by atoms with E-state index in [0.717, 1.165) is 24.2 Å². The van der Waals surface area contributed by atoms with Gasteiger partial charge in [0.15, 0.2) is 11.6 Å². The van der Waals surface area contributed by atoms with Crippen LogP contribution in [0.4, 0.5) is 0 Å². The average molecular weight is 312 g/mol. The molecule has 0 radical (unpaired) electrons. The van der Waals surface area contributed by atoms with Crippen molar-refractivity contribution in [3.8, 4) is 22.9 Å². The fourth-order valence-electron chi connectivity index (χ4n) is 2.21. The zero-order valence-electron chi connectivity index (χ0n) is 13.7. The Hall–Kier alpha value is -2.36. The molecule has 0 saturated carbocycles. The van der Waals surface area contributed by atoms with Crippen molar-refractivity contribution in [3.05, 3.63) is 49.3 Å². The molecule has 0 atom stereocenters. The van der Waals surface area contributed by atoms with E-state index >= 15 is 0 Å². The van der Waals surface area contributed by atoms with Crippen molar-refractivity contribution in [2.24, 2.45) is 0 Å². The summed E-state index contributed by atoms with van der Waals surface area (Å²) in [5.41, 5.74) is 0.958. The third-order valence-corrected chi connectivity index (χ3v) is 3.55. The molecule has 4 heteroatoms. The van der Waals surface area contributed by atoms with E-state index in [1.807, 2.05) is 30.3 Å². The summed E-state index contributed by atoms with van der Waals surface area (Å²) in [6.45, 7) is 4.43. The minimum atomic E-state index is 0.685. The van der Waals surface area contributed by atoms with Crippen LogP contribution in [-0.4, -0.2) is 23.7 Å². The Morgan fingerprint density at radius 1 is 0.957 bits per heavy atom. The van der Waals surface area contributed by atoms with Crippen LogP contribution in [0, 0.1) is 0 Å². The summed E-state index contributed by atoms with van der Waals surface area (Å²) < 4.78 is 10.8. The predicted octanol–water partition coefficient (Wildman–Crippen LogP) is 4.67. The number of nitrogens with zero attached hydrogens (tertiary/aromatic N) is 2. The van der Waals surface area contributed by atoms with E-state index in [0.29, 0.717) is 18.2 Å². The van der Waals surface area contributed by atoms with Gasteiger partial charge in [-0.25, -0.2) is 9.97 Å². The van der Waals surface area contributed by atoms with Gasteiger partial charge in [0.25, 0.3) is 0 Å². The number of allylic oxidation sites excluding steroid dienone is 1. The quantitative estimate of drug-likeness (QED) is 0.472. The number of unbranched alkanes of at least 4 members (excludes halogenated alkanes) is 4. The highest BCUT2D eigenvalue weighted by Crippen LogP contribution is 2.20. The van der Waals surface area contributed by atoms with Crippen molar-refractivity contribution in [2.45, 2.75) is 32.1 Å². The maximum Gasteiger partial charge on any atom is 0.159 e. The number of ether oxygens (including phenoxy) is 2. The number of aromatic nitrogens is 2. The molecule has 2 rings (SSSR count). The molecule has 0 amide bonds. The van der Waals surface area contributed by atoms with Crippen molar-refractivity contribution < 1.29 is 9.47 Å². The van der Waals surface area contributed by atoms with Gasteiger partial charge in [-0.15, -0.1) is 6.58 Å². The van der Waals surface area contributed by atoms with E-state index in [4.69, 9.17) is 9.47 Å². The van der Waals surface area contributed by atoms with Crippen molar-refractivity contribution in [1.29, 1.82) is 0 Å². The standard InChI is InChI=1S/C19H24N2O2/c1-3-4-5-6-7-8-13-23-18-14-20-19(21-15-18)16-9-11-17(22-2)12-10-16/h3,9-12,14-15H,1,4-8,13H2,2H3. The second-order valence-electron chi connectivity index (χ2n) is 5.31. The normalized spacial score (nSPS) is 10.3. The van der Waals surface area contributed by atoms with Gasteiger partial charge in [0.2, 0.25) is 0 Å². The highest BCUT2D eigenvalue weighted by atomic mass is 16.5. The molecule has 0 spiro atoms. The van der Waals surface area contributed by atoms with Gasteiger partial charge in [-0.2, -0.15) is 0 Å². The van der Waals surface area contributed by atoms with Crippen LogP contribution in [0.2, 0.25) is 0 Å². The Bertz CT molecular complexity index is 579. The number of hydrogen-bond donors (Lipinski definition) is 0. The maximum atomic E-state index is 5.67. The summed E-state index contributed by atoms with van der Waals surface area (Å²) >= 11 is 0. The first-order valence-electron chi connectivity index (χ1n) is 8.03. The number of methoxy groups -OCH3 is 1. The minimum absolute atomic E-state index is 0.685. The Balaban J connectivity index is 1.76.